The van der Waals surface area contributed by atoms with Crippen molar-refractivity contribution in [3.63, 3.8) is 0 Å². The largest absolute Gasteiger partial charge is 0.475 e. The summed E-state index contributed by atoms with van der Waals surface area (Å²) in [6.45, 7) is 1.07. The highest BCUT2D eigenvalue weighted by atomic mass is 16.4. The zero-order valence-corrected chi connectivity index (χ0v) is 11.6. The Morgan fingerprint density at radius 3 is 2.71 bits per heavy atom. The SMILES string of the molecule is CN(Cc1ccco1)Cc1c(C(=O)O)oc2ccccc12. The van der Waals surface area contributed by atoms with Crippen LogP contribution in [0.15, 0.2) is 51.5 Å². The number of para-hydroxylation sites is 1. The zero-order valence-electron chi connectivity index (χ0n) is 11.6. The molecule has 0 saturated heterocycles. The Hall–Kier alpha value is -2.53. The molecule has 0 radical (unpaired) electrons. The zero-order chi connectivity index (χ0) is 14.8. The van der Waals surface area contributed by atoms with E-state index in [4.69, 9.17) is 8.83 Å². The van der Waals surface area contributed by atoms with Crippen molar-refractivity contribution in [1.29, 1.82) is 0 Å². The van der Waals surface area contributed by atoms with Gasteiger partial charge in [-0.2, -0.15) is 0 Å². The van der Waals surface area contributed by atoms with Crippen LogP contribution in [0.5, 0.6) is 0 Å². The second-order valence-corrected chi connectivity index (χ2v) is 4.96. The Morgan fingerprint density at radius 2 is 2.00 bits per heavy atom. The number of rotatable bonds is 5. The van der Waals surface area contributed by atoms with Crippen LogP contribution in [-0.4, -0.2) is 23.0 Å². The minimum Gasteiger partial charge on any atom is -0.475 e. The number of hydrogen-bond donors (Lipinski definition) is 1. The third-order valence-corrected chi connectivity index (χ3v) is 3.33. The summed E-state index contributed by atoms with van der Waals surface area (Å²) in [5, 5.41) is 10.1. The summed E-state index contributed by atoms with van der Waals surface area (Å²) in [5.74, 6) is -0.211. The molecule has 0 saturated carbocycles. The number of nitrogens with zero attached hydrogens (tertiary/aromatic N) is 1. The van der Waals surface area contributed by atoms with Crippen LogP contribution < -0.4 is 0 Å². The number of carbonyl (C=O) groups is 1. The minimum absolute atomic E-state index is 0.00231. The van der Waals surface area contributed by atoms with Gasteiger partial charge in [0, 0.05) is 17.5 Å². The van der Waals surface area contributed by atoms with E-state index < -0.39 is 5.97 Å². The number of aromatic carboxylic acids is 1. The van der Waals surface area contributed by atoms with Gasteiger partial charge in [-0.15, -0.1) is 0 Å². The summed E-state index contributed by atoms with van der Waals surface area (Å²) >= 11 is 0. The topological polar surface area (TPSA) is 66.8 Å². The smallest absolute Gasteiger partial charge is 0.372 e. The van der Waals surface area contributed by atoms with Gasteiger partial charge >= 0.3 is 5.97 Å². The lowest BCUT2D eigenvalue weighted by Crippen LogP contribution is -2.18. The van der Waals surface area contributed by atoms with Crippen molar-refractivity contribution in [3.05, 3.63) is 59.7 Å². The molecular weight excluding hydrogens is 270 g/mol. The molecule has 108 valence electrons. The Labute approximate surface area is 121 Å². The summed E-state index contributed by atoms with van der Waals surface area (Å²) in [7, 11) is 1.91. The van der Waals surface area contributed by atoms with Crippen molar-refractivity contribution in [1.82, 2.24) is 4.90 Å². The second kappa shape index (κ2) is 5.46. The molecule has 0 bridgehead atoms. The fraction of sp³-hybridized carbons (Fsp3) is 0.188. The lowest BCUT2D eigenvalue weighted by Gasteiger charge is -2.14. The molecule has 0 amide bonds. The highest BCUT2D eigenvalue weighted by molar-refractivity contribution is 5.95. The van der Waals surface area contributed by atoms with E-state index in [9.17, 15) is 9.90 Å². The van der Waals surface area contributed by atoms with E-state index in [1.165, 1.54) is 0 Å². The van der Waals surface area contributed by atoms with Crippen LogP contribution in [0.4, 0.5) is 0 Å². The molecule has 0 fully saturated rings. The number of carboxylic acid groups (broad SMARTS) is 1. The Bertz CT molecular complexity index is 758. The van der Waals surface area contributed by atoms with E-state index in [1.54, 1.807) is 12.3 Å². The van der Waals surface area contributed by atoms with Gasteiger partial charge in [0.2, 0.25) is 5.76 Å². The van der Waals surface area contributed by atoms with E-state index in [0.29, 0.717) is 24.2 Å². The van der Waals surface area contributed by atoms with Crippen molar-refractivity contribution in [2.24, 2.45) is 0 Å². The molecule has 1 N–H and O–H groups in total. The van der Waals surface area contributed by atoms with Crippen molar-refractivity contribution in [2.75, 3.05) is 7.05 Å². The first kappa shape index (κ1) is 13.5. The Kier molecular flexibility index (Phi) is 3.50. The van der Waals surface area contributed by atoms with Crippen molar-refractivity contribution in [3.8, 4) is 0 Å². The molecule has 2 aromatic heterocycles. The first-order valence-corrected chi connectivity index (χ1v) is 6.60. The number of benzene rings is 1. The molecular formula is C16H15NO4. The lowest BCUT2D eigenvalue weighted by atomic mass is 10.1. The van der Waals surface area contributed by atoms with Gasteiger partial charge in [-0.05, 0) is 25.2 Å². The van der Waals surface area contributed by atoms with E-state index in [-0.39, 0.29) is 5.76 Å². The molecule has 21 heavy (non-hydrogen) atoms. The van der Waals surface area contributed by atoms with Crippen LogP contribution in [0.25, 0.3) is 11.0 Å². The van der Waals surface area contributed by atoms with Crippen molar-refractivity contribution < 1.29 is 18.7 Å². The van der Waals surface area contributed by atoms with Crippen molar-refractivity contribution in [2.45, 2.75) is 13.1 Å². The van der Waals surface area contributed by atoms with Gasteiger partial charge in [-0.1, -0.05) is 18.2 Å². The van der Waals surface area contributed by atoms with Gasteiger partial charge in [0.1, 0.15) is 11.3 Å². The summed E-state index contributed by atoms with van der Waals surface area (Å²) in [6, 6.07) is 11.1. The maximum Gasteiger partial charge on any atom is 0.372 e. The predicted octanol–water partition coefficient (Wildman–Crippen LogP) is 3.36. The molecule has 0 spiro atoms. The fourth-order valence-corrected chi connectivity index (χ4v) is 2.42. The summed E-state index contributed by atoms with van der Waals surface area (Å²) in [6.07, 6.45) is 1.62. The molecule has 0 aliphatic heterocycles. The molecule has 3 aromatic rings. The van der Waals surface area contributed by atoms with Crippen LogP contribution in [0.3, 0.4) is 0 Å². The third kappa shape index (κ3) is 2.68. The first-order chi connectivity index (χ1) is 10.1. The molecule has 0 unspecified atom stereocenters. The van der Waals surface area contributed by atoms with Gasteiger partial charge in [0.15, 0.2) is 0 Å². The normalized spacial score (nSPS) is 11.3. The first-order valence-electron chi connectivity index (χ1n) is 6.60. The van der Waals surface area contributed by atoms with Crippen LogP contribution in [0.2, 0.25) is 0 Å². The standard InChI is InChI=1S/C16H15NO4/c1-17(9-11-5-4-8-20-11)10-13-12-6-2-3-7-14(12)21-15(13)16(18)19/h2-8H,9-10H2,1H3,(H,18,19). The maximum atomic E-state index is 11.4. The van der Waals surface area contributed by atoms with Crippen LogP contribution in [0, 0.1) is 0 Å². The summed E-state index contributed by atoms with van der Waals surface area (Å²) in [5.41, 5.74) is 1.28. The molecule has 5 heteroatoms. The van der Waals surface area contributed by atoms with Gasteiger partial charge in [0.05, 0.1) is 12.8 Å². The number of fused-ring (bicyclic) bond motifs is 1. The van der Waals surface area contributed by atoms with E-state index in [0.717, 1.165) is 11.1 Å². The van der Waals surface area contributed by atoms with Crippen molar-refractivity contribution >= 4 is 16.9 Å². The monoisotopic (exact) mass is 285 g/mol. The van der Waals surface area contributed by atoms with Gasteiger partial charge < -0.3 is 13.9 Å². The number of furan rings is 2. The maximum absolute atomic E-state index is 11.4. The average molecular weight is 285 g/mol. The molecule has 0 atom stereocenters. The number of hydrogen-bond acceptors (Lipinski definition) is 4. The molecule has 1 aromatic carbocycles. The van der Waals surface area contributed by atoms with E-state index >= 15 is 0 Å². The minimum atomic E-state index is -1.05. The summed E-state index contributed by atoms with van der Waals surface area (Å²) < 4.78 is 10.8. The average Bonchev–Trinajstić information content (AvgIpc) is 3.07. The highest BCUT2D eigenvalue weighted by Gasteiger charge is 2.20. The molecule has 0 aliphatic rings. The molecule has 2 heterocycles. The number of carboxylic acids is 1. The van der Waals surface area contributed by atoms with E-state index in [1.807, 2.05) is 42.3 Å². The molecule has 3 rings (SSSR count). The van der Waals surface area contributed by atoms with Gasteiger partial charge in [-0.3, -0.25) is 4.90 Å². The van der Waals surface area contributed by atoms with Gasteiger partial charge in [0.25, 0.3) is 0 Å². The van der Waals surface area contributed by atoms with E-state index in [2.05, 4.69) is 0 Å². The highest BCUT2D eigenvalue weighted by Crippen LogP contribution is 2.27. The van der Waals surface area contributed by atoms with Crippen LogP contribution in [-0.2, 0) is 13.1 Å². The summed E-state index contributed by atoms with van der Waals surface area (Å²) in [4.78, 5) is 13.3. The predicted molar refractivity (Wildman–Crippen MR) is 77.1 cm³/mol. The quantitative estimate of drug-likeness (QED) is 0.778. The van der Waals surface area contributed by atoms with Crippen LogP contribution in [0.1, 0.15) is 21.9 Å². The lowest BCUT2D eigenvalue weighted by molar-refractivity contribution is 0.0662. The Balaban J connectivity index is 1.91. The van der Waals surface area contributed by atoms with Crippen LogP contribution >= 0.6 is 0 Å². The molecule has 0 aliphatic carbocycles. The second-order valence-electron chi connectivity index (χ2n) is 4.96. The molecule has 5 nitrogen and oxygen atoms in total. The van der Waals surface area contributed by atoms with Gasteiger partial charge in [-0.25, -0.2) is 4.79 Å². The third-order valence-electron chi connectivity index (χ3n) is 3.33. The fourth-order valence-electron chi connectivity index (χ4n) is 2.42. The Morgan fingerprint density at radius 1 is 1.19 bits per heavy atom.